The summed E-state index contributed by atoms with van der Waals surface area (Å²) in [7, 11) is 0. The molecular weight excluding hydrogens is 376 g/mol. The second kappa shape index (κ2) is 6.78. The third kappa shape index (κ3) is 3.26. The van der Waals surface area contributed by atoms with Crippen molar-refractivity contribution in [2.45, 2.75) is 25.4 Å². The molecule has 0 aliphatic heterocycles. The van der Waals surface area contributed by atoms with Gasteiger partial charge in [0.05, 0.1) is 5.56 Å². The van der Waals surface area contributed by atoms with Crippen LogP contribution < -0.4 is 5.32 Å². The second-order valence-electron chi connectivity index (χ2n) is 6.43. The number of aromatic nitrogens is 1. The first kappa shape index (κ1) is 18.2. The molecular formula is C20H14F4N2O2. The largest absolute Gasteiger partial charge is 0.456 e. The molecule has 1 aliphatic rings. The van der Waals surface area contributed by atoms with Crippen molar-refractivity contribution in [2.75, 3.05) is 5.32 Å². The Morgan fingerprint density at radius 2 is 1.89 bits per heavy atom. The molecule has 0 spiro atoms. The number of furan rings is 1. The average molecular weight is 390 g/mol. The minimum atomic E-state index is -4.61. The maximum absolute atomic E-state index is 13.7. The molecule has 1 aliphatic carbocycles. The SMILES string of the molecule is O=C(Nc1ccc(-c2c(C(F)(F)F)oc3c2CCC3)cn1)c1ccccc1F. The number of anilines is 1. The average Bonchev–Trinajstić information content (AvgIpc) is 3.23. The van der Waals surface area contributed by atoms with Crippen LogP contribution in [0.1, 0.15) is 33.9 Å². The van der Waals surface area contributed by atoms with Crippen molar-refractivity contribution >= 4 is 11.7 Å². The Bertz CT molecular complexity index is 1040. The molecule has 4 nitrogen and oxygen atoms in total. The molecule has 2 heterocycles. The fraction of sp³-hybridized carbons (Fsp3) is 0.200. The van der Waals surface area contributed by atoms with Crippen molar-refractivity contribution in [1.82, 2.24) is 4.98 Å². The molecule has 0 saturated carbocycles. The maximum atomic E-state index is 13.7. The number of carbonyl (C=O) groups is 1. The highest BCUT2D eigenvalue weighted by Gasteiger charge is 2.41. The first-order chi connectivity index (χ1) is 13.3. The molecule has 4 rings (SSSR count). The third-order valence-electron chi connectivity index (χ3n) is 4.59. The minimum Gasteiger partial charge on any atom is -0.456 e. The quantitative estimate of drug-likeness (QED) is 0.622. The van der Waals surface area contributed by atoms with E-state index in [2.05, 4.69) is 10.3 Å². The van der Waals surface area contributed by atoms with Gasteiger partial charge in [-0.05, 0) is 37.1 Å². The highest BCUT2D eigenvalue weighted by atomic mass is 19.4. The Labute approximate surface area is 157 Å². The smallest absolute Gasteiger partial charge is 0.450 e. The van der Waals surface area contributed by atoms with E-state index in [-0.39, 0.29) is 22.5 Å². The number of benzene rings is 1. The Morgan fingerprint density at radius 1 is 1.11 bits per heavy atom. The lowest BCUT2D eigenvalue weighted by Crippen LogP contribution is -2.14. The van der Waals surface area contributed by atoms with Gasteiger partial charge in [0, 0.05) is 29.3 Å². The predicted octanol–water partition coefficient (Wildman–Crippen LogP) is 5.24. The minimum absolute atomic E-state index is 0.000481. The first-order valence-electron chi connectivity index (χ1n) is 8.58. The predicted molar refractivity (Wildman–Crippen MR) is 93.3 cm³/mol. The number of rotatable bonds is 3. The molecule has 0 fully saturated rings. The summed E-state index contributed by atoms with van der Waals surface area (Å²) in [5, 5.41) is 2.43. The molecule has 1 aromatic carbocycles. The van der Waals surface area contributed by atoms with Crippen LogP contribution >= 0.6 is 0 Å². The van der Waals surface area contributed by atoms with Crippen LogP contribution in [0.5, 0.6) is 0 Å². The fourth-order valence-electron chi connectivity index (χ4n) is 3.35. The zero-order valence-corrected chi connectivity index (χ0v) is 14.4. The summed E-state index contributed by atoms with van der Waals surface area (Å²) >= 11 is 0. The van der Waals surface area contributed by atoms with Crippen molar-refractivity contribution in [3.05, 3.63) is 71.1 Å². The number of nitrogens with zero attached hydrogens (tertiary/aromatic N) is 1. The van der Waals surface area contributed by atoms with Crippen molar-refractivity contribution in [3.63, 3.8) is 0 Å². The van der Waals surface area contributed by atoms with Crippen LogP contribution in [0.3, 0.4) is 0 Å². The van der Waals surface area contributed by atoms with E-state index in [1.807, 2.05) is 0 Å². The van der Waals surface area contributed by atoms with Crippen LogP contribution in [0.2, 0.25) is 0 Å². The molecule has 1 amide bonds. The van der Waals surface area contributed by atoms with E-state index in [9.17, 15) is 22.4 Å². The van der Waals surface area contributed by atoms with Gasteiger partial charge in [-0.25, -0.2) is 9.37 Å². The molecule has 2 aromatic heterocycles. The van der Waals surface area contributed by atoms with E-state index in [0.717, 1.165) is 12.5 Å². The van der Waals surface area contributed by atoms with Gasteiger partial charge < -0.3 is 9.73 Å². The molecule has 1 N–H and O–H groups in total. The lowest BCUT2D eigenvalue weighted by atomic mass is 10.0. The molecule has 0 radical (unpaired) electrons. The summed E-state index contributed by atoms with van der Waals surface area (Å²) in [6.45, 7) is 0. The topological polar surface area (TPSA) is 55.1 Å². The maximum Gasteiger partial charge on any atom is 0.450 e. The monoisotopic (exact) mass is 390 g/mol. The van der Waals surface area contributed by atoms with Gasteiger partial charge in [-0.2, -0.15) is 13.2 Å². The van der Waals surface area contributed by atoms with Crippen molar-refractivity contribution in [3.8, 4) is 11.1 Å². The Kier molecular flexibility index (Phi) is 4.41. The zero-order chi connectivity index (χ0) is 19.9. The van der Waals surface area contributed by atoms with E-state index >= 15 is 0 Å². The van der Waals surface area contributed by atoms with Gasteiger partial charge in [0.1, 0.15) is 17.4 Å². The number of nitrogens with one attached hydrogen (secondary N) is 1. The number of hydrogen-bond donors (Lipinski definition) is 1. The zero-order valence-electron chi connectivity index (χ0n) is 14.4. The van der Waals surface area contributed by atoms with Crippen molar-refractivity contribution < 1.29 is 26.8 Å². The summed E-state index contributed by atoms with van der Waals surface area (Å²) in [5.41, 5.74) is 0.653. The summed E-state index contributed by atoms with van der Waals surface area (Å²) < 4.78 is 58.8. The van der Waals surface area contributed by atoms with Gasteiger partial charge in [0.2, 0.25) is 5.76 Å². The van der Waals surface area contributed by atoms with Gasteiger partial charge in [0.25, 0.3) is 5.91 Å². The number of pyridine rings is 1. The van der Waals surface area contributed by atoms with Crippen LogP contribution in [0.25, 0.3) is 11.1 Å². The Balaban J connectivity index is 1.63. The third-order valence-corrected chi connectivity index (χ3v) is 4.59. The van der Waals surface area contributed by atoms with E-state index in [1.54, 1.807) is 0 Å². The number of fused-ring (bicyclic) bond motifs is 1. The molecule has 8 heteroatoms. The lowest BCUT2D eigenvalue weighted by Gasteiger charge is -2.09. The Morgan fingerprint density at radius 3 is 2.57 bits per heavy atom. The number of hydrogen-bond acceptors (Lipinski definition) is 3. The van der Waals surface area contributed by atoms with Crippen LogP contribution in [0.15, 0.2) is 47.0 Å². The summed E-state index contributed by atoms with van der Waals surface area (Å²) in [6.07, 6.45) is -1.64. The van der Waals surface area contributed by atoms with Gasteiger partial charge in [-0.15, -0.1) is 0 Å². The molecule has 28 heavy (non-hydrogen) atoms. The second-order valence-corrected chi connectivity index (χ2v) is 6.43. The number of halogens is 4. The van der Waals surface area contributed by atoms with Gasteiger partial charge in [-0.1, -0.05) is 12.1 Å². The van der Waals surface area contributed by atoms with Crippen LogP contribution in [0, 0.1) is 5.82 Å². The van der Waals surface area contributed by atoms with E-state index in [0.29, 0.717) is 24.2 Å². The van der Waals surface area contributed by atoms with E-state index in [1.165, 1.54) is 36.5 Å². The highest BCUT2D eigenvalue weighted by Crippen LogP contribution is 2.44. The fourth-order valence-corrected chi connectivity index (χ4v) is 3.35. The van der Waals surface area contributed by atoms with E-state index in [4.69, 9.17) is 4.42 Å². The van der Waals surface area contributed by atoms with Gasteiger partial charge in [-0.3, -0.25) is 4.79 Å². The van der Waals surface area contributed by atoms with Crippen LogP contribution in [0.4, 0.5) is 23.4 Å². The van der Waals surface area contributed by atoms with Crippen LogP contribution in [-0.4, -0.2) is 10.9 Å². The lowest BCUT2D eigenvalue weighted by molar-refractivity contribution is -0.152. The van der Waals surface area contributed by atoms with Crippen LogP contribution in [-0.2, 0) is 19.0 Å². The summed E-state index contributed by atoms with van der Waals surface area (Å²) in [4.78, 5) is 16.1. The van der Waals surface area contributed by atoms with Gasteiger partial charge >= 0.3 is 6.18 Å². The molecule has 3 aromatic rings. The Hall–Kier alpha value is -3.16. The summed E-state index contributed by atoms with van der Waals surface area (Å²) in [5.74, 6) is -1.94. The molecule has 144 valence electrons. The normalized spacial score (nSPS) is 13.4. The van der Waals surface area contributed by atoms with Crippen molar-refractivity contribution in [1.29, 1.82) is 0 Å². The molecule has 0 saturated heterocycles. The highest BCUT2D eigenvalue weighted by molar-refractivity contribution is 6.04. The first-order valence-corrected chi connectivity index (χ1v) is 8.58. The molecule has 0 atom stereocenters. The number of amides is 1. The standard InChI is InChI=1S/C20H14F4N2O2/c21-14-6-2-1-4-12(14)19(27)26-16-9-8-11(10-25-16)17-13-5-3-7-15(13)28-18(17)20(22,23)24/h1-2,4,6,8-10H,3,5,7H2,(H,25,26,27). The van der Waals surface area contributed by atoms with E-state index < -0.39 is 23.7 Å². The number of carbonyl (C=O) groups excluding carboxylic acids is 1. The molecule has 0 unspecified atom stereocenters. The summed E-state index contributed by atoms with van der Waals surface area (Å²) in [6, 6.07) is 8.27. The van der Waals surface area contributed by atoms with Gasteiger partial charge in [0.15, 0.2) is 0 Å². The molecule has 0 bridgehead atoms. The number of alkyl halides is 3. The number of aryl methyl sites for hydroxylation is 1. The van der Waals surface area contributed by atoms with Crippen molar-refractivity contribution in [2.24, 2.45) is 0 Å².